The van der Waals surface area contributed by atoms with Crippen LogP contribution in [-0.2, 0) is 0 Å². The van der Waals surface area contributed by atoms with E-state index in [1.54, 1.807) is 6.92 Å². The summed E-state index contributed by atoms with van der Waals surface area (Å²) in [5, 5.41) is 12.5. The van der Waals surface area contributed by atoms with Gasteiger partial charge in [-0.15, -0.1) is 0 Å². The molecule has 0 aliphatic heterocycles. The Morgan fingerprint density at radius 2 is 1.84 bits per heavy atom. The molecule has 19 heavy (non-hydrogen) atoms. The molecule has 0 saturated carbocycles. The molecule has 6 heteroatoms. The molecule has 1 unspecified atom stereocenters. The number of alkyl halides is 3. The summed E-state index contributed by atoms with van der Waals surface area (Å²) < 4.78 is 37.2. The fourth-order valence-corrected chi connectivity index (χ4v) is 2.13. The third-order valence-corrected chi connectivity index (χ3v) is 3.54. The zero-order chi connectivity index (χ0) is 14.5. The molecule has 2 nitrogen and oxygen atoms in total. The van der Waals surface area contributed by atoms with Crippen LogP contribution in [0.4, 0.5) is 18.9 Å². The highest BCUT2D eigenvalue weighted by atomic mass is 79.9. The second-order valence-corrected chi connectivity index (χ2v) is 5.65. The van der Waals surface area contributed by atoms with Crippen LogP contribution in [0.25, 0.3) is 0 Å². The molecule has 0 radical (unpaired) electrons. The van der Waals surface area contributed by atoms with Gasteiger partial charge in [0.05, 0.1) is 12.1 Å². The van der Waals surface area contributed by atoms with Gasteiger partial charge in [-0.1, -0.05) is 12.1 Å². The van der Waals surface area contributed by atoms with E-state index in [0.717, 1.165) is 10.2 Å². The van der Waals surface area contributed by atoms with Crippen molar-refractivity contribution in [2.75, 3.05) is 11.9 Å². The number of anilines is 1. The number of para-hydroxylation sites is 1. The topological polar surface area (TPSA) is 32.3 Å². The van der Waals surface area contributed by atoms with Crippen LogP contribution in [0.5, 0.6) is 0 Å². The monoisotopic (exact) mass is 339 g/mol. The van der Waals surface area contributed by atoms with Crippen LogP contribution in [0.2, 0.25) is 0 Å². The molecule has 108 valence electrons. The van der Waals surface area contributed by atoms with E-state index in [4.69, 9.17) is 0 Å². The molecule has 1 aromatic rings. The van der Waals surface area contributed by atoms with Gasteiger partial charge in [-0.25, -0.2) is 0 Å². The van der Waals surface area contributed by atoms with Crippen molar-refractivity contribution in [3.8, 4) is 0 Å². The minimum atomic E-state index is -4.15. The Labute approximate surface area is 119 Å². The highest BCUT2D eigenvalue weighted by Gasteiger charge is 2.30. The molecule has 0 aromatic heterocycles. The lowest BCUT2D eigenvalue weighted by Gasteiger charge is -2.30. The summed E-state index contributed by atoms with van der Waals surface area (Å²) in [6.07, 6.45) is -4.76. The SMILES string of the molecule is CC(CO)(CCCC(F)(F)F)Nc1ccccc1Br. The summed E-state index contributed by atoms with van der Waals surface area (Å²) in [6.45, 7) is 1.48. The van der Waals surface area contributed by atoms with Gasteiger partial charge in [0.1, 0.15) is 0 Å². The minimum absolute atomic E-state index is 0.0159. The van der Waals surface area contributed by atoms with Crippen molar-refractivity contribution in [3.63, 3.8) is 0 Å². The van der Waals surface area contributed by atoms with Gasteiger partial charge in [-0.2, -0.15) is 13.2 Å². The van der Waals surface area contributed by atoms with Crippen LogP contribution < -0.4 is 5.32 Å². The highest BCUT2D eigenvalue weighted by molar-refractivity contribution is 9.10. The molecule has 0 bridgehead atoms. The third-order valence-electron chi connectivity index (χ3n) is 2.85. The molecule has 1 atom stereocenters. The van der Waals surface area contributed by atoms with E-state index >= 15 is 0 Å². The largest absolute Gasteiger partial charge is 0.394 e. The van der Waals surface area contributed by atoms with Crippen molar-refractivity contribution < 1.29 is 18.3 Å². The normalized spacial score (nSPS) is 15.1. The molecule has 1 rings (SSSR count). The number of hydrogen-bond donors (Lipinski definition) is 2. The maximum absolute atomic E-state index is 12.1. The zero-order valence-electron chi connectivity index (χ0n) is 10.6. The number of rotatable bonds is 6. The number of halogens is 4. The first-order valence-corrected chi connectivity index (χ1v) is 6.75. The van der Waals surface area contributed by atoms with E-state index in [0.29, 0.717) is 0 Å². The van der Waals surface area contributed by atoms with Crippen molar-refractivity contribution in [3.05, 3.63) is 28.7 Å². The first-order valence-electron chi connectivity index (χ1n) is 5.96. The Morgan fingerprint density at radius 1 is 1.21 bits per heavy atom. The van der Waals surface area contributed by atoms with Crippen LogP contribution in [-0.4, -0.2) is 23.4 Å². The molecular formula is C13H17BrF3NO. The van der Waals surface area contributed by atoms with E-state index < -0.39 is 18.1 Å². The molecule has 0 heterocycles. The smallest absolute Gasteiger partial charge is 0.389 e. The number of nitrogens with one attached hydrogen (secondary N) is 1. The van der Waals surface area contributed by atoms with Crippen LogP contribution in [0.1, 0.15) is 26.2 Å². The van der Waals surface area contributed by atoms with Gasteiger partial charge in [0.2, 0.25) is 0 Å². The van der Waals surface area contributed by atoms with Crippen molar-refractivity contribution in [2.45, 2.75) is 37.9 Å². The molecule has 0 saturated heterocycles. The van der Waals surface area contributed by atoms with E-state index in [1.165, 1.54) is 0 Å². The van der Waals surface area contributed by atoms with Crippen molar-refractivity contribution >= 4 is 21.6 Å². The van der Waals surface area contributed by atoms with Gasteiger partial charge in [0.15, 0.2) is 0 Å². The van der Waals surface area contributed by atoms with Crippen molar-refractivity contribution in [1.29, 1.82) is 0 Å². The lowest BCUT2D eigenvalue weighted by molar-refractivity contribution is -0.136. The second-order valence-electron chi connectivity index (χ2n) is 4.79. The number of benzene rings is 1. The second kappa shape index (κ2) is 6.61. The van der Waals surface area contributed by atoms with Crippen LogP contribution in [0, 0.1) is 0 Å². The predicted molar refractivity (Wildman–Crippen MR) is 73.2 cm³/mol. The average Bonchev–Trinajstić information content (AvgIpc) is 2.30. The predicted octanol–water partition coefficient (Wildman–Crippen LogP) is 4.34. The standard InChI is InChI=1S/C13H17BrF3NO/c1-12(9-19,7-4-8-13(15,16)17)18-11-6-3-2-5-10(11)14/h2-3,5-6,18-19H,4,7-9H2,1H3. The fourth-order valence-electron chi connectivity index (χ4n) is 1.75. The maximum Gasteiger partial charge on any atom is 0.389 e. The zero-order valence-corrected chi connectivity index (χ0v) is 12.2. The van der Waals surface area contributed by atoms with Gasteiger partial charge in [-0.3, -0.25) is 0 Å². The van der Waals surface area contributed by atoms with Gasteiger partial charge in [0.25, 0.3) is 0 Å². The van der Waals surface area contributed by atoms with E-state index in [-0.39, 0.29) is 19.4 Å². The van der Waals surface area contributed by atoms with Crippen molar-refractivity contribution in [2.24, 2.45) is 0 Å². The van der Waals surface area contributed by atoms with Gasteiger partial charge >= 0.3 is 6.18 Å². The van der Waals surface area contributed by atoms with Crippen LogP contribution in [0.3, 0.4) is 0 Å². The summed E-state index contributed by atoms with van der Waals surface area (Å²) in [5.41, 5.74) is -0.0131. The van der Waals surface area contributed by atoms with E-state index in [9.17, 15) is 18.3 Å². The Kier molecular flexibility index (Phi) is 5.67. The van der Waals surface area contributed by atoms with Gasteiger partial charge < -0.3 is 10.4 Å². The van der Waals surface area contributed by atoms with Gasteiger partial charge in [0, 0.05) is 16.6 Å². The first-order chi connectivity index (χ1) is 8.76. The Morgan fingerprint density at radius 3 is 2.37 bits per heavy atom. The Balaban J connectivity index is 2.63. The highest BCUT2D eigenvalue weighted by Crippen LogP contribution is 2.29. The van der Waals surface area contributed by atoms with Crippen LogP contribution >= 0.6 is 15.9 Å². The molecule has 1 aromatic carbocycles. The quantitative estimate of drug-likeness (QED) is 0.807. The number of aliphatic hydroxyl groups is 1. The number of aliphatic hydroxyl groups excluding tert-OH is 1. The lowest BCUT2D eigenvalue weighted by Crippen LogP contribution is -2.39. The summed E-state index contributed by atoms with van der Waals surface area (Å²) in [6, 6.07) is 7.30. The lowest BCUT2D eigenvalue weighted by atomic mass is 9.95. The molecule has 2 N–H and O–H groups in total. The van der Waals surface area contributed by atoms with Crippen molar-refractivity contribution in [1.82, 2.24) is 0 Å². The van der Waals surface area contributed by atoms with Crippen LogP contribution in [0.15, 0.2) is 28.7 Å². The molecule has 0 amide bonds. The summed E-state index contributed by atoms with van der Waals surface area (Å²) >= 11 is 3.35. The Hall–Kier alpha value is -0.750. The summed E-state index contributed by atoms with van der Waals surface area (Å²) in [5.74, 6) is 0. The van der Waals surface area contributed by atoms with Gasteiger partial charge in [-0.05, 0) is 47.8 Å². The fraction of sp³-hybridized carbons (Fsp3) is 0.538. The maximum atomic E-state index is 12.1. The molecule has 0 aliphatic carbocycles. The molecular weight excluding hydrogens is 323 g/mol. The summed E-state index contributed by atoms with van der Waals surface area (Å²) in [4.78, 5) is 0. The average molecular weight is 340 g/mol. The number of hydrogen-bond acceptors (Lipinski definition) is 2. The van der Waals surface area contributed by atoms with E-state index in [1.807, 2.05) is 24.3 Å². The molecule has 0 aliphatic rings. The summed E-state index contributed by atoms with van der Waals surface area (Å²) in [7, 11) is 0. The Bertz CT molecular complexity index is 411. The third kappa shape index (κ3) is 5.82. The van der Waals surface area contributed by atoms with E-state index in [2.05, 4.69) is 21.2 Å². The first kappa shape index (κ1) is 16.3. The molecule has 0 fully saturated rings. The minimum Gasteiger partial charge on any atom is -0.394 e. The molecule has 0 spiro atoms.